The third-order valence-corrected chi connectivity index (χ3v) is 1.42. The second kappa shape index (κ2) is 8.10. The van der Waals surface area contributed by atoms with Crippen LogP contribution in [0.2, 0.25) is 0 Å². The minimum atomic E-state index is -1.09. The number of allylic oxidation sites excluding steroid dienone is 1. The number of carboxylic acid groups (broad SMARTS) is 1. The summed E-state index contributed by atoms with van der Waals surface area (Å²) in [5.74, 6) is -1.09. The Hall–Kier alpha value is -1.52. The van der Waals surface area contributed by atoms with Gasteiger partial charge in [-0.25, -0.2) is 4.79 Å². The van der Waals surface area contributed by atoms with Gasteiger partial charge in [0.15, 0.2) is 0 Å². The summed E-state index contributed by atoms with van der Waals surface area (Å²) in [5, 5.41) is 10.3. The van der Waals surface area contributed by atoms with Gasteiger partial charge in [0.1, 0.15) is 6.54 Å². The molecule has 80 valence electrons. The van der Waals surface area contributed by atoms with E-state index in [1.54, 1.807) is 6.08 Å². The smallest absolute Gasteiger partial charge is 0.407 e. The summed E-state index contributed by atoms with van der Waals surface area (Å²) in [4.78, 5) is 20.8. The monoisotopic (exact) mass is 201 g/mol. The molecular formula is C9H15NO4. The maximum absolute atomic E-state index is 10.8. The Morgan fingerprint density at radius 1 is 1.43 bits per heavy atom. The van der Waals surface area contributed by atoms with Crippen LogP contribution in [0.4, 0.5) is 4.79 Å². The molecule has 0 saturated carbocycles. The largest absolute Gasteiger partial charge is 0.480 e. The van der Waals surface area contributed by atoms with Crippen molar-refractivity contribution >= 4 is 12.1 Å². The molecule has 0 aliphatic heterocycles. The van der Waals surface area contributed by atoms with E-state index in [1.165, 1.54) is 0 Å². The van der Waals surface area contributed by atoms with Crippen molar-refractivity contribution in [2.45, 2.75) is 19.3 Å². The van der Waals surface area contributed by atoms with Gasteiger partial charge in [-0.1, -0.05) is 6.08 Å². The molecule has 1 amide bonds. The second-order valence-corrected chi connectivity index (χ2v) is 2.67. The van der Waals surface area contributed by atoms with Gasteiger partial charge in [0.2, 0.25) is 0 Å². The topological polar surface area (TPSA) is 75.6 Å². The number of hydrogen-bond acceptors (Lipinski definition) is 3. The van der Waals surface area contributed by atoms with Crippen LogP contribution < -0.4 is 5.32 Å². The molecule has 0 aliphatic carbocycles. The number of aliphatic carboxylic acids is 1. The molecule has 0 aromatic rings. The van der Waals surface area contributed by atoms with E-state index in [1.807, 2.05) is 0 Å². The average molecular weight is 201 g/mol. The molecule has 0 spiro atoms. The lowest BCUT2D eigenvalue weighted by Gasteiger charge is -2.04. The summed E-state index contributed by atoms with van der Waals surface area (Å²) >= 11 is 0. The molecule has 0 radical (unpaired) electrons. The zero-order chi connectivity index (χ0) is 10.8. The van der Waals surface area contributed by atoms with Crippen molar-refractivity contribution in [3.63, 3.8) is 0 Å². The van der Waals surface area contributed by atoms with Gasteiger partial charge in [-0.2, -0.15) is 0 Å². The Morgan fingerprint density at radius 3 is 2.71 bits per heavy atom. The zero-order valence-electron chi connectivity index (χ0n) is 7.99. The van der Waals surface area contributed by atoms with Crippen LogP contribution in [0, 0.1) is 0 Å². The van der Waals surface area contributed by atoms with Crippen molar-refractivity contribution in [2.24, 2.45) is 0 Å². The summed E-state index contributed by atoms with van der Waals surface area (Å²) in [6, 6.07) is 0. The van der Waals surface area contributed by atoms with Gasteiger partial charge in [-0.15, -0.1) is 6.58 Å². The van der Waals surface area contributed by atoms with Crippen molar-refractivity contribution in [2.75, 3.05) is 13.2 Å². The number of nitrogens with one attached hydrogen (secondary N) is 1. The summed E-state index contributed by atoms with van der Waals surface area (Å²) in [6.07, 6.45) is 3.67. The lowest BCUT2D eigenvalue weighted by atomic mass is 10.2. The van der Waals surface area contributed by atoms with E-state index in [9.17, 15) is 9.59 Å². The van der Waals surface area contributed by atoms with Crippen molar-refractivity contribution in [3.8, 4) is 0 Å². The normalized spacial score (nSPS) is 9.14. The van der Waals surface area contributed by atoms with Crippen molar-refractivity contribution in [1.82, 2.24) is 5.32 Å². The van der Waals surface area contributed by atoms with Crippen LogP contribution >= 0.6 is 0 Å². The fraction of sp³-hybridized carbons (Fsp3) is 0.556. The van der Waals surface area contributed by atoms with E-state index in [2.05, 4.69) is 11.9 Å². The number of carboxylic acids is 1. The second-order valence-electron chi connectivity index (χ2n) is 2.67. The number of carbonyl (C=O) groups excluding carboxylic acids is 1. The van der Waals surface area contributed by atoms with Crippen LogP contribution in [-0.4, -0.2) is 30.3 Å². The van der Waals surface area contributed by atoms with Crippen molar-refractivity contribution < 1.29 is 19.4 Å². The summed E-state index contributed by atoms with van der Waals surface area (Å²) in [6.45, 7) is 3.45. The minimum Gasteiger partial charge on any atom is -0.480 e. The van der Waals surface area contributed by atoms with E-state index in [-0.39, 0.29) is 0 Å². The molecule has 0 rings (SSSR count). The number of hydrogen-bond donors (Lipinski definition) is 2. The molecule has 0 saturated heterocycles. The minimum absolute atomic E-state index is 0.305. The van der Waals surface area contributed by atoms with Crippen LogP contribution in [0.25, 0.3) is 0 Å². The van der Waals surface area contributed by atoms with E-state index in [4.69, 9.17) is 9.84 Å². The molecule has 5 nitrogen and oxygen atoms in total. The Labute approximate surface area is 82.7 Å². The number of ether oxygens (including phenoxy) is 1. The highest BCUT2D eigenvalue weighted by Gasteiger charge is 2.03. The summed E-state index contributed by atoms with van der Waals surface area (Å²) < 4.78 is 4.69. The predicted molar refractivity (Wildman–Crippen MR) is 51.0 cm³/mol. The zero-order valence-corrected chi connectivity index (χ0v) is 7.99. The first kappa shape index (κ1) is 12.5. The fourth-order valence-corrected chi connectivity index (χ4v) is 0.754. The first-order valence-electron chi connectivity index (χ1n) is 4.40. The number of amides is 1. The predicted octanol–water partition coefficient (Wildman–Crippen LogP) is 1.15. The van der Waals surface area contributed by atoms with Crippen molar-refractivity contribution in [1.29, 1.82) is 0 Å². The number of alkyl carbamates (subject to hydrolysis) is 1. The molecular weight excluding hydrogens is 186 g/mol. The molecule has 0 unspecified atom stereocenters. The highest BCUT2D eigenvalue weighted by molar-refractivity contribution is 5.76. The van der Waals surface area contributed by atoms with Crippen LogP contribution in [0.5, 0.6) is 0 Å². The molecule has 2 N–H and O–H groups in total. The molecule has 0 aromatic heterocycles. The third-order valence-electron chi connectivity index (χ3n) is 1.42. The Bertz CT molecular complexity index is 203. The van der Waals surface area contributed by atoms with Gasteiger partial charge in [-0.3, -0.25) is 4.79 Å². The van der Waals surface area contributed by atoms with E-state index in [0.29, 0.717) is 6.61 Å². The fourth-order valence-electron chi connectivity index (χ4n) is 0.754. The molecule has 0 bridgehead atoms. The molecule has 0 heterocycles. The average Bonchev–Trinajstić information content (AvgIpc) is 2.14. The van der Waals surface area contributed by atoms with E-state index in [0.717, 1.165) is 19.3 Å². The van der Waals surface area contributed by atoms with Gasteiger partial charge < -0.3 is 15.2 Å². The van der Waals surface area contributed by atoms with Crippen LogP contribution in [0.3, 0.4) is 0 Å². The SMILES string of the molecule is C=CCCCCOC(=O)NCC(=O)O. The van der Waals surface area contributed by atoms with Crippen LogP contribution in [0.15, 0.2) is 12.7 Å². The van der Waals surface area contributed by atoms with E-state index < -0.39 is 18.6 Å². The number of unbranched alkanes of at least 4 members (excludes halogenated alkanes) is 2. The maximum Gasteiger partial charge on any atom is 0.407 e. The number of carbonyl (C=O) groups is 2. The molecule has 0 fully saturated rings. The lowest BCUT2D eigenvalue weighted by molar-refractivity contribution is -0.135. The molecule has 14 heavy (non-hydrogen) atoms. The van der Waals surface area contributed by atoms with Gasteiger partial charge in [0, 0.05) is 0 Å². The highest BCUT2D eigenvalue weighted by atomic mass is 16.5. The first-order chi connectivity index (χ1) is 6.66. The van der Waals surface area contributed by atoms with Crippen molar-refractivity contribution in [3.05, 3.63) is 12.7 Å². The van der Waals surface area contributed by atoms with Gasteiger partial charge in [0.25, 0.3) is 0 Å². The lowest BCUT2D eigenvalue weighted by Crippen LogP contribution is -2.30. The Kier molecular flexibility index (Phi) is 7.22. The van der Waals surface area contributed by atoms with E-state index >= 15 is 0 Å². The first-order valence-corrected chi connectivity index (χ1v) is 4.40. The third kappa shape index (κ3) is 8.58. The highest BCUT2D eigenvalue weighted by Crippen LogP contribution is 1.95. The quantitative estimate of drug-likeness (QED) is 0.478. The molecule has 5 heteroatoms. The summed E-state index contributed by atoms with van der Waals surface area (Å²) in [7, 11) is 0. The summed E-state index contributed by atoms with van der Waals surface area (Å²) in [5.41, 5.74) is 0. The molecule has 0 atom stereocenters. The van der Waals surface area contributed by atoms with Crippen LogP contribution in [0.1, 0.15) is 19.3 Å². The number of rotatable bonds is 7. The molecule has 0 aliphatic rings. The van der Waals surface area contributed by atoms with Gasteiger partial charge in [-0.05, 0) is 19.3 Å². The Balaban J connectivity index is 3.26. The Morgan fingerprint density at radius 2 is 2.14 bits per heavy atom. The standard InChI is InChI=1S/C9H15NO4/c1-2-3-4-5-6-14-9(13)10-7-8(11)12/h2H,1,3-7H2,(H,10,13)(H,11,12). The maximum atomic E-state index is 10.8. The van der Waals surface area contributed by atoms with Gasteiger partial charge in [0.05, 0.1) is 6.61 Å². The van der Waals surface area contributed by atoms with Gasteiger partial charge >= 0.3 is 12.1 Å². The van der Waals surface area contributed by atoms with Crippen LogP contribution in [-0.2, 0) is 9.53 Å². The molecule has 0 aromatic carbocycles.